The van der Waals surface area contributed by atoms with E-state index in [-0.39, 0.29) is 30.3 Å². The van der Waals surface area contributed by atoms with Crippen molar-refractivity contribution >= 4 is 56.9 Å². The van der Waals surface area contributed by atoms with Crippen LogP contribution in [0.25, 0.3) is 6.08 Å². The van der Waals surface area contributed by atoms with Crippen LogP contribution < -0.4 is 16.4 Å². The standard InChI is InChI=1S/C22H20BrFN4O4S/c23-15-3-1-2-14(11-15)17(27-21(25)31)12-19(29)26-8-9-28-20(30)18(33-22(28)32)10-13-4-6-16(24)7-5-13/h1-7,10-11,17H,8-9,12H2,(H,26,29)(H3,25,27,31)/b18-10-/t17-/m1/s1. The Kier molecular flexibility index (Phi) is 8.23. The van der Waals surface area contributed by atoms with E-state index in [1.807, 2.05) is 6.07 Å². The second-order valence-electron chi connectivity index (χ2n) is 7.06. The molecule has 1 aliphatic rings. The van der Waals surface area contributed by atoms with Crippen molar-refractivity contribution in [2.45, 2.75) is 12.5 Å². The van der Waals surface area contributed by atoms with E-state index in [9.17, 15) is 23.6 Å². The molecule has 0 radical (unpaired) electrons. The van der Waals surface area contributed by atoms with Crippen LogP contribution in [0.4, 0.5) is 14.0 Å². The molecule has 1 saturated heterocycles. The van der Waals surface area contributed by atoms with Gasteiger partial charge in [-0.05, 0) is 53.2 Å². The Morgan fingerprint density at radius 2 is 1.91 bits per heavy atom. The Labute approximate surface area is 201 Å². The summed E-state index contributed by atoms with van der Waals surface area (Å²) in [5, 5.41) is 4.73. The minimum absolute atomic E-state index is 0.0119. The lowest BCUT2D eigenvalue weighted by Crippen LogP contribution is -2.40. The van der Waals surface area contributed by atoms with Gasteiger partial charge in [-0.1, -0.05) is 40.2 Å². The molecule has 1 atom stereocenters. The number of imide groups is 1. The van der Waals surface area contributed by atoms with Gasteiger partial charge in [0.2, 0.25) is 5.91 Å². The summed E-state index contributed by atoms with van der Waals surface area (Å²) in [5.74, 6) is -1.27. The molecule has 2 aromatic carbocycles. The van der Waals surface area contributed by atoms with E-state index in [1.165, 1.54) is 30.3 Å². The summed E-state index contributed by atoms with van der Waals surface area (Å²) in [6.07, 6.45) is 1.44. The van der Waals surface area contributed by atoms with E-state index < -0.39 is 29.0 Å². The number of amides is 5. The maximum absolute atomic E-state index is 13.0. The molecule has 0 bridgehead atoms. The van der Waals surface area contributed by atoms with E-state index in [0.717, 1.165) is 21.1 Å². The lowest BCUT2D eigenvalue weighted by atomic mass is 10.0. The number of nitrogens with two attached hydrogens (primary N) is 1. The Hall–Kier alpha value is -3.18. The van der Waals surface area contributed by atoms with Gasteiger partial charge in [-0.25, -0.2) is 9.18 Å². The van der Waals surface area contributed by atoms with Crippen molar-refractivity contribution in [3.05, 3.63) is 74.9 Å². The fourth-order valence-corrected chi connectivity index (χ4v) is 4.40. The van der Waals surface area contributed by atoms with Crippen LogP contribution >= 0.6 is 27.7 Å². The molecule has 1 fully saturated rings. The number of urea groups is 1. The first-order chi connectivity index (χ1) is 15.7. The quantitative estimate of drug-likeness (QED) is 0.447. The Bertz CT molecular complexity index is 1110. The number of nitrogens with one attached hydrogen (secondary N) is 2. The molecule has 11 heteroatoms. The van der Waals surface area contributed by atoms with Gasteiger partial charge in [-0.2, -0.15) is 0 Å². The van der Waals surface area contributed by atoms with Gasteiger partial charge in [-0.15, -0.1) is 0 Å². The number of hydrogen-bond acceptors (Lipinski definition) is 5. The van der Waals surface area contributed by atoms with Crippen LogP contribution in [0.1, 0.15) is 23.6 Å². The summed E-state index contributed by atoms with van der Waals surface area (Å²) >= 11 is 4.13. The Balaban J connectivity index is 1.55. The lowest BCUT2D eigenvalue weighted by Gasteiger charge is -2.19. The third-order valence-electron chi connectivity index (χ3n) is 4.66. The fourth-order valence-electron chi connectivity index (χ4n) is 3.12. The molecule has 33 heavy (non-hydrogen) atoms. The number of halogens is 2. The molecule has 8 nitrogen and oxygen atoms in total. The highest BCUT2D eigenvalue weighted by Gasteiger charge is 2.34. The van der Waals surface area contributed by atoms with Gasteiger partial charge in [0.05, 0.1) is 17.4 Å². The molecule has 0 aromatic heterocycles. The number of thioether (sulfide) groups is 1. The first-order valence-electron chi connectivity index (χ1n) is 9.82. The fraction of sp³-hybridized carbons (Fsp3) is 0.182. The highest BCUT2D eigenvalue weighted by molar-refractivity contribution is 9.10. The highest BCUT2D eigenvalue weighted by Crippen LogP contribution is 2.32. The predicted molar refractivity (Wildman–Crippen MR) is 126 cm³/mol. The third kappa shape index (κ3) is 6.90. The molecule has 0 unspecified atom stereocenters. The van der Waals surface area contributed by atoms with Crippen molar-refractivity contribution < 1.29 is 23.6 Å². The number of primary amides is 1. The summed E-state index contributed by atoms with van der Waals surface area (Å²) in [7, 11) is 0. The lowest BCUT2D eigenvalue weighted by molar-refractivity contribution is -0.124. The maximum atomic E-state index is 13.0. The molecule has 0 aliphatic carbocycles. The largest absolute Gasteiger partial charge is 0.354 e. The van der Waals surface area contributed by atoms with Gasteiger partial charge in [0.15, 0.2) is 0 Å². The van der Waals surface area contributed by atoms with Crippen LogP contribution in [-0.2, 0) is 9.59 Å². The molecule has 3 rings (SSSR count). The SMILES string of the molecule is NC(=O)N[C@H](CC(=O)NCCN1C(=O)S/C(=C\c2ccc(F)cc2)C1=O)c1cccc(Br)c1. The van der Waals surface area contributed by atoms with Crippen LogP contribution in [0.5, 0.6) is 0 Å². The average Bonchev–Trinajstić information content (AvgIpc) is 3.02. The summed E-state index contributed by atoms with van der Waals surface area (Å²) < 4.78 is 13.8. The monoisotopic (exact) mass is 534 g/mol. The van der Waals surface area contributed by atoms with Crippen molar-refractivity contribution in [3.63, 3.8) is 0 Å². The molecular weight excluding hydrogens is 515 g/mol. The zero-order valence-corrected chi connectivity index (χ0v) is 19.6. The summed E-state index contributed by atoms with van der Waals surface area (Å²) in [6.45, 7) is 0.0322. The average molecular weight is 535 g/mol. The van der Waals surface area contributed by atoms with E-state index >= 15 is 0 Å². The molecule has 5 amide bonds. The molecule has 1 aliphatic heterocycles. The van der Waals surface area contributed by atoms with Gasteiger partial charge in [0, 0.05) is 17.6 Å². The second-order valence-corrected chi connectivity index (χ2v) is 8.96. The van der Waals surface area contributed by atoms with E-state index in [2.05, 4.69) is 26.6 Å². The topological polar surface area (TPSA) is 122 Å². The molecule has 172 valence electrons. The molecule has 2 aromatic rings. The zero-order valence-electron chi connectivity index (χ0n) is 17.2. The van der Waals surface area contributed by atoms with Crippen LogP contribution in [-0.4, -0.2) is 41.1 Å². The number of nitrogens with zero attached hydrogens (tertiary/aromatic N) is 1. The highest BCUT2D eigenvalue weighted by atomic mass is 79.9. The molecule has 4 N–H and O–H groups in total. The van der Waals surface area contributed by atoms with Crippen LogP contribution in [0.2, 0.25) is 0 Å². The van der Waals surface area contributed by atoms with Crippen molar-refractivity contribution in [2.75, 3.05) is 13.1 Å². The van der Waals surface area contributed by atoms with Crippen molar-refractivity contribution in [3.8, 4) is 0 Å². The molecule has 0 spiro atoms. The summed E-state index contributed by atoms with van der Waals surface area (Å²) in [5.41, 5.74) is 6.52. The van der Waals surface area contributed by atoms with Crippen molar-refractivity contribution in [1.29, 1.82) is 0 Å². The minimum atomic E-state index is -0.765. The zero-order chi connectivity index (χ0) is 24.0. The minimum Gasteiger partial charge on any atom is -0.354 e. The smallest absolute Gasteiger partial charge is 0.312 e. The van der Waals surface area contributed by atoms with Crippen LogP contribution in [0.15, 0.2) is 57.9 Å². The van der Waals surface area contributed by atoms with Gasteiger partial charge in [0.1, 0.15) is 5.82 Å². The van der Waals surface area contributed by atoms with Crippen LogP contribution in [0.3, 0.4) is 0 Å². The normalized spacial score (nSPS) is 15.6. The van der Waals surface area contributed by atoms with E-state index in [1.54, 1.807) is 18.2 Å². The van der Waals surface area contributed by atoms with Gasteiger partial charge in [0.25, 0.3) is 11.1 Å². The van der Waals surface area contributed by atoms with Gasteiger partial charge < -0.3 is 16.4 Å². The number of benzene rings is 2. The number of carbonyl (C=O) groups is 4. The number of hydrogen-bond donors (Lipinski definition) is 3. The van der Waals surface area contributed by atoms with E-state index in [0.29, 0.717) is 11.1 Å². The Morgan fingerprint density at radius 1 is 1.18 bits per heavy atom. The van der Waals surface area contributed by atoms with Crippen molar-refractivity contribution in [2.24, 2.45) is 5.73 Å². The number of rotatable bonds is 8. The van der Waals surface area contributed by atoms with Gasteiger partial charge in [-0.3, -0.25) is 19.3 Å². The Morgan fingerprint density at radius 3 is 2.58 bits per heavy atom. The van der Waals surface area contributed by atoms with E-state index in [4.69, 9.17) is 5.73 Å². The molecular formula is C22H20BrFN4O4S. The first-order valence-corrected chi connectivity index (χ1v) is 11.4. The van der Waals surface area contributed by atoms with Crippen molar-refractivity contribution in [1.82, 2.24) is 15.5 Å². The summed E-state index contributed by atoms with van der Waals surface area (Å²) in [4.78, 5) is 49.8. The molecule has 0 saturated carbocycles. The third-order valence-corrected chi connectivity index (χ3v) is 6.06. The van der Waals surface area contributed by atoms with Crippen LogP contribution in [0, 0.1) is 5.82 Å². The van der Waals surface area contributed by atoms with Gasteiger partial charge >= 0.3 is 6.03 Å². The summed E-state index contributed by atoms with van der Waals surface area (Å²) in [6, 6.07) is 11.2. The maximum Gasteiger partial charge on any atom is 0.312 e. The predicted octanol–water partition coefficient (Wildman–Crippen LogP) is 3.54. The first kappa shape index (κ1) is 24.5. The molecule has 1 heterocycles. The number of carbonyl (C=O) groups excluding carboxylic acids is 4. The second kappa shape index (κ2) is 11.1.